The summed E-state index contributed by atoms with van der Waals surface area (Å²) in [5.41, 5.74) is 1.21. The molecule has 6 heteroatoms. The lowest BCUT2D eigenvalue weighted by molar-refractivity contribution is -0.139. The second-order valence-electron chi connectivity index (χ2n) is 6.15. The molecule has 1 fully saturated rings. The Labute approximate surface area is 141 Å². The van der Waals surface area contributed by atoms with Crippen molar-refractivity contribution in [1.29, 1.82) is 0 Å². The number of amides is 2. The number of rotatable bonds is 4. The van der Waals surface area contributed by atoms with Gasteiger partial charge in [0, 0.05) is 25.7 Å². The third-order valence-electron chi connectivity index (χ3n) is 4.13. The Hall–Kier alpha value is -2.21. The lowest BCUT2D eigenvalue weighted by Crippen LogP contribution is -2.45. The van der Waals surface area contributed by atoms with Crippen LogP contribution in [-0.4, -0.2) is 59.5 Å². The van der Waals surface area contributed by atoms with Crippen molar-refractivity contribution in [2.24, 2.45) is 0 Å². The predicted molar refractivity (Wildman–Crippen MR) is 89.5 cm³/mol. The van der Waals surface area contributed by atoms with Gasteiger partial charge in [-0.2, -0.15) is 0 Å². The molecule has 2 rings (SSSR count). The maximum atomic E-state index is 12.9. The van der Waals surface area contributed by atoms with E-state index in [4.69, 9.17) is 0 Å². The van der Waals surface area contributed by atoms with Crippen molar-refractivity contribution >= 4 is 17.9 Å². The van der Waals surface area contributed by atoms with Crippen LogP contribution in [-0.2, 0) is 9.59 Å². The number of hydrogen-bond acceptors (Lipinski definition) is 3. The van der Waals surface area contributed by atoms with E-state index in [2.05, 4.69) is 0 Å². The number of carbonyl (C=O) groups excluding carboxylic acids is 2. The summed E-state index contributed by atoms with van der Waals surface area (Å²) >= 11 is 0. The first-order valence-corrected chi connectivity index (χ1v) is 8.02. The van der Waals surface area contributed by atoms with Gasteiger partial charge in [-0.15, -0.1) is 0 Å². The standard InChI is InChI=1S/C18H23FN2O3/c1-13(11-14-3-5-15(19)6-4-14)18(24)20(2)12-17(23)21-9-7-16(22)8-10-21/h3-6,11,16,22H,7-10,12H2,1-2H3/b13-11+. The zero-order valence-electron chi connectivity index (χ0n) is 14.0. The minimum absolute atomic E-state index is 0.00350. The molecule has 0 unspecified atom stereocenters. The minimum atomic E-state index is -0.339. The molecule has 1 saturated heterocycles. The third kappa shape index (κ3) is 4.89. The fraction of sp³-hybridized carbons (Fsp3) is 0.444. The van der Waals surface area contributed by atoms with E-state index in [1.807, 2.05) is 0 Å². The molecule has 0 saturated carbocycles. The Kier molecular flexibility index (Phi) is 6.09. The fourth-order valence-electron chi connectivity index (χ4n) is 2.66. The summed E-state index contributed by atoms with van der Waals surface area (Å²) in [7, 11) is 1.58. The molecule has 2 amide bonds. The molecule has 1 N–H and O–H groups in total. The van der Waals surface area contributed by atoms with Crippen LogP contribution in [0.1, 0.15) is 25.3 Å². The highest BCUT2D eigenvalue weighted by Crippen LogP contribution is 2.12. The van der Waals surface area contributed by atoms with Crippen molar-refractivity contribution < 1.29 is 19.1 Å². The number of likely N-dealkylation sites (N-methyl/N-ethyl adjacent to an activating group) is 1. The van der Waals surface area contributed by atoms with Crippen molar-refractivity contribution in [3.8, 4) is 0 Å². The molecule has 1 heterocycles. The molecular weight excluding hydrogens is 311 g/mol. The minimum Gasteiger partial charge on any atom is -0.393 e. The molecular formula is C18H23FN2O3. The van der Waals surface area contributed by atoms with Gasteiger partial charge < -0.3 is 14.9 Å². The lowest BCUT2D eigenvalue weighted by Gasteiger charge is -2.31. The van der Waals surface area contributed by atoms with E-state index in [-0.39, 0.29) is 30.3 Å². The largest absolute Gasteiger partial charge is 0.393 e. The Morgan fingerprint density at radius 2 is 1.88 bits per heavy atom. The monoisotopic (exact) mass is 334 g/mol. The molecule has 0 atom stereocenters. The molecule has 0 aliphatic carbocycles. The number of likely N-dealkylation sites (tertiary alicyclic amines) is 1. The Morgan fingerprint density at radius 1 is 1.29 bits per heavy atom. The summed E-state index contributed by atoms with van der Waals surface area (Å²) in [4.78, 5) is 27.6. The molecule has 0 radical (unpaired) electrons. The summed E-state index contributed by atoms with van der Waals surface area (Å²) in [5, 5.41) is 9.48. The number of hydrogen-bond donors (Lipinski definition) is 1. The second kappa shape index (κ2) is 8.06. The van der Waals surface area contributed by atoms with Crippen LogP contribution in [0.2, 0.25) is 0 Å². The van der Waals surface area contributed by atoms with Crippen LogP contribution in [0.4, 0.5) is 4.39 Å². The summed E-state index contributed by atoms with van der Waals surface area (Å²) in [6.45, 7) is 2.71. The van der Waals surface area contributed by atoms with E-state index >= 15 is 0 Å². The summed E-state index contributed by atoms with van der Waals surface area (Å²) in [6.07, 6.45) is 2.48. The predicted octanol–water partition coefficient (Wildman–Crippen LogP) is 1.67. The number of aliphatic hydroxyl groups excluding tert-OH is 1. The van der Waals surface area contributed by atoms with Crippen molar-refractivity contribution in [3.05, 3.63) is 41.2 Å². The second-order valence-corrected chi connectivity index (χ2v) is 6.15. The van der Waals surface area contributed by atoms with Gasteiger partial charge in [0.1, 0.15) is 5.82 Å². The van der Waals surface area contributed by atoms with Crippen LogP contribution in [0.15, 0.2) is 29.8 Å². The Bertz CT molecular complexity index is 620. The summed E-state index contributed by atoms with van der Waals surface area (Å²) in [5.74, 6) is -0.692. The molecule has 0 aromatic heterocycles. The van der Waals surface area contributed by atoms with E-state index < -0.39 is 0 Å². The van der Waals surface area contributed by atoms with E-state index in [0.29, 0.717) is 31.5 Å². The highest BCUT2D eigenvalue weighted by molar-refractivity contribution is 5.98. The maximum Gasteiger partial charge on any atom is 0.249 e. The van der Waals surface area contributed by atoms with Crippen LogP contribution in [0.5, 0.6) is 0 Å². The SMILES string of the molecule is C/C(=C\c1ccc(F)cc1)C(=O)N(C)CC(=O)N1CCC(O)CC1. The first kappa shape index (κ1) is 18.1. The molecule has 24 heavy (non-hydrogen) atoms. The summed E-state index contributed by atoms with van der Waals surface area (Å²) in [6, 6.07) is 5.86. The highest BCUT2D eigenvalue weighted by atomic mass is 19.1. The van der Waals surface area contributed by atoms with E-state index in [1.54, 1.807) is 37.1 Å². The Morgan fingerprint density at radius 3 is 2.46 bits per heavy atom. The van der Waals surface area contributed by atoms with Gasteiger partial charge in [0.15, 0.2) is 0 Å². The lowest BCUT2D eigenvalue weighted by atomic mass is 10.1. The van der Waals surface area contributed by atoms with Crippen molar-refractivity contribution in [2.75, 3.05) is 26.7 Å². The smallest absolute Gasteiger partial charge is 0.249 e. The van der Waals surface area contributed by atoms with Crippen LogP contribution in [0, 0.1) is 5.82 Å². The molecule has 1 aromatic carbocycles. The fourth-order valence-corrected chi connectivity index (χ4v) is 2.66. The average Bonchev–Trinajstić information content (AvgIpc) is 2.56. The van der Waals surface area contributed by atoms with Crippen molar-refractivity contribution in [1.82, 2.24) is 9.80 Å². The van der Waals surface area contributed by atoms with Gasteiger partial charge in [0.25, 0.3) is 0 Å². The third-order valence-corrected chi connectivity index (χ3v) is 4.13. The number of nitrogens with zero attached hydrogens (tertiary/aromatic N) is 2. The van der Waals surface area contributed by atoms with Gasteiger partial charge in [0.2, 0.25) is 11.8 Å². The van der Waals surface area contributed by atoms with Gasteiger partial charge in [-0.3, -0.25) is 9.59 Å². The van der Waals surface area contributed by atoms with Crippen LogP contribution in [0.25, 0.3) is 6.08 Å². The topological polar surface area (TPSA) is 60.9 Å². The Balaban J connectivity index is 1.93. The van der Waals surface area contributed by atoms with Gasteiger partial charge in [-0.05, 0) is 43.5 Å². The van der Waals surface area contributed by atoms with Crippen molar-refractivity contribution in [3.63, 3.8) is 0 Å². The van der Waals surface area contributed by atoms with Gasteiger partial charge in [-0.25, -0.2) is 4.39 Å². The number of halogens is 1. The number of benzene rings is 1. The number of carbonyl (C=O) groups is 2. The number of piperidine rings is 1. The molecule has 5 nitrogen and oxygen atoms in total. The molecule has 130 valence electrons. The van der Waals surface area contributed by atoms with Crippen molar-refractivity contribution in [2.45, 2.75) is 25.9 Å². The molecule has 0 bridgehead atoms. The van der Waals surface area contributed by atoms with E-state index in [0.717, 1.165) is 5.56 Å². The maximum absolute atomic E-state index is 12.9. The quantitative estimate of drug-likeness (QED) is 0.852. The molecule has 0 spiro atoms. The average molecular weight is 334 g/mol. The zero-order valence-corrected chi connectivity index (χ0v) is 14.0. The number of aliphatic hydroxyl groups is 1. The van der Waals surface area contributed by atoms with Crippen LogP contribution >= 0.6 is 0 Å². The van der Waals surface area contributed by atoms with Gasteiger partial charge in [-0.1, -0.05) is 12.1 Å². The van der Waals surface area contributed by atoms with E-state index in [9.17, 15) is 19.1 Å². The first-order chi connectivity index (χ1) is 11.4. The van der Waals surface area contributed by atoms with E-state index in [1.165, 1.54) is 17.0 Å². The van der Waals surface area contributed by atoms with Gasteiger partial charge >= 0.3 is 0 Å². The highest BCUT2D eigenvalue weighted by Gasteiger charge is 2.23. The summed E-state index contributed by atoms with van der Waals surface area (Å²) < 4.78 is 12.9. The normalized spacial score (nSPS) is 16.2. The zero-order chi connectivity index (χ0) is 17.7. The molecule has 1 aliphatic rings. The first-order valence-electron chi connectivity index (χ1n) is 8.02. The van der Waals surface area contributed by atoms with Crippen LogP contribution in [0.3, 0.4) is 0 Å². The van der Waals surface area contributed by atoms with Crippen LogP contribution < -0.4 is 0 Å². The molecule has 1 aliphatic heterocycles. The van der Waals surface area contributed by atoms with Gasteiger partial charge in [0.05, 0.1) is 12.6 Å². The molecule has 1 aromatic rings.